The van der Waals surface area contributed by atoms with Crippen molar-refractivity contribution < 1.29 is 5.11 Å². The Morgan fingerprint density at radius 2 is 1.05 bits per heavy atom. The molecule has 0 radical (unpaired) electrons. The zero-order valence-corrected chi connectivity index (χ0v) is 14.4. The topological polar surface area (TPSA) is 20.2 Å². The van der Waals surface area contributed by atoms with Gasteiger partial charge in [0.2, 0.25) is 0 Å². The predicted octanol–water partition coefficient (Wildman–Crippen LogP) is 5.14. The third-order valence-corrected chi connectivity index (χ3v) is 4.42. The van der Waals surface area contributed by atoms with E-state index >= 15 is 0 Å². The van der Waals surface area contributed by atoms with E-state index < -0.39 is 0 Å². The first-order valence-electron chi connectivity index (χ1n) is 6.80. The first-order valence-corrected chi connectivity index (χ1v) is 8.39. The maximum Gasteiger partial charge on any atom is 0.0546 e. The third-order valence-electron chi connectivity index (χ3n) is 3.36. The van der Waals surface area contributed by atoms with Gasteiger partial charge in [0.15, 0.2) is 0 Å². The fraction of sp³-hybridized carbons (Fsp3) is 0.294. The van der Waals surface area contributed by atoms with Crippen LogP contribution in [0.1, 0.15) is 24.0 Å². The van der Waals surface area contributed by atoms with E-state index in [0.717, 1.165) is 34.6 Å². The van der Waals surface area contributed by atoms with E-state index in [2.05, 4.69) is 56.1 Å². The largest absolute Gasteiger partial charge is 0.393 e. The quantitative estimate of drug-likeness (QED) is 0.715. The molecular weight excluding hydrogens is 380 g/mol. The summed E-state index contributed by atoms with van der Waals surface area (Å²) >= 11 is 6.86. The van der Waals surface area contributed by atoms with Crippen LogP contribution in [-0.2, 0) is 12.8 Å². The minimum Gasteiger partial charge on any atom is -0.393 e. The Hall–Kier alpha value is -0.640. The van der Waals surface area contributed by atoms with E-state index in [4.69, 9.17) is 0 Å². The zero-order valence-electron chi connectivity index (χ0n) is 11.2. The molecule has 0 aliphatic carbocycles. The van der Waals surface area contributed by atoms with Crippen molar-refractivity contribution in [3.63, 3.8) is 0 Å². The highest BCUT2D eigenvalue weighted by Crippen LogP contribution is 2.15. The predicted molar refractivity (Wildman–Crippen MR) is 90.9 cm³/mol. The van der Waals surface area contributed by atoms with Crippen LogP contribution in [0, 0.1) is 0 Å². The number of aryl methyl sites for hydroxylation is 2. The Balaban J connectivity index is 1.73. The summed E-state index contributed by atoms with van der Waals surface area (Å²) in [6, 6.07) is 16.6. The van der Waals surface area contributed by atoms with Crippen molar-refractivity contribution in [1.82, 2.24) is 0 Å². The smallest absolute Gasteiger partial charge is 0.0546 e. The molecule has 3 heteroatoms. The van der Waals surface area contributed by atoms with Gasteiger partial charge < -0.3 is 5.11 Å². The Morgan fingerprint density at radius 1 is 0.700 bits per heavy atom. The normalized spacial score (nSPS) is 11.0. The van der Waals surface area contributed by atoms with E-state index in [9.17, 15) is 5.11 Å². The molecule has 0 unspecified atom stereocenters. The third kappa shape index (κ3) is 5.39. The summed E-state index contributed by atoms with van der Waals surface area (Å²) in [5.41, 5.74) is 2.55. The Labute approximate surface area is 137 Å². The second-order valence-electron chi connectivity index (χ2n) is 4.98. The van der Waals surface area contributed by atoms with Crippen molar-refractivity contribution in [1.29, 1.82) is 0 Å². The number of aliphatic hydroxyl groups excluding tert-OH is 1. The Kier molecular flexibility index (Phi) is 6.27. The van der Waals surface area contributed by atoms with Gasteiger partial charge in [-0.05, 0) is 61.1 Å². The molecule has 2 aromatic rings. The molecule has 0 spiro atoms. The van der Waals surface area contributed by atoms with Gasteiger partial charge in [-0.3, -0.25) is 0 Å². The lowest BCUT2D eigenvalue weighted by molar-refractivity contribution is 0.155. The molecule has 2 rings (SSSR count). The fourth-order valence-corrected chi connectivity index (χ4v) is 2.64. The highest BCUT2D eigenvalue weighted by molar-refractivity contribution is 9.10. The summed E-state index contributed by atoms with van der Waals surface area (Å²) < 4.78 is 2.19. The highest BCUT2D eigenvalue weighted by atomic mass is 79.9. The van der Waals surface area contributed by atoms with Crippen molar-refractivity contribution in [2.45, 2.75) is 31.8 Å². The van der Waals surface area contributed by atoms with E-state index in [1.807, 2.05) is 24.3 Å². The number of hydrogen-bond acceptors (Lipinski definition) is 1. The van der Waals surface area contributed by atoms with Crippen LogP contribution in [0.25, 0.3) is 0 Å². The summed E-state index contributed by atoms with van der Waals surface area (Å²) in [6.45, 7) is 0. The van der Waals surface area contributed by atoms with Crippen molar-refractivity contribution >= 4 is 31.9 Å². The van der Waals surface area contributed by atoms with Gasteiger partial charge in [-0.25, -0.2) is 0 Å². The first-order chi connectivity index (χ1) is 9.63. The fourth-order valence-electron chi connectivity index (χ4n) is 2.11. The molecule has 0 aliphatic heterocycles. The van der Waals surface area contributed by atoms with Crippen LogP contribution in [0.2, 0.25) is 0 Å². The molecule has 0 bridgehead atoms. The molecule has 0 saturated heterocycles. The first kappa shape index (κ1) is 15.7. The van der Waals surface area contributed by atoms with Gasteiger partial charge in [-0.2, -0.15) is 0 Å². The SMILES string of the molecule is OC(CCc1ccc(Br)cc1)CCc1ccc(Br)cc1. The minimum atomic E-state index is -0.234. The molecule has 0 saturated carbocycles. The summed E-state index contributed by atoms with van der Waals surface area (Å²) in [5, 5.41) is 10.1. The summed E-state index contributed by atoms with van der Waals surface area (Å²) in [6.07, 6.45) is 3.25. The molecule has 106 valence electrons. The van der Waals surface area contributed by atoms with Crippen molar-refractivity contribution in [3.05, 3.63) is 68.6 Å². The summed E-state index contributed by atoms with van der Waals surface area (Å²) in [4.78, 5) is 0. The molecule has 1 nitrogen and oxygen atoms in total. The summed E-state index contributed by atoms with van der Waals surface area (Å²) in [7, 11) is 0. The van der Waals surface area contributed by atoms with Crippen molar-refractivity contribution in [2.24, 2.45) is 0 Å². The molecule has 0 amide bonds. The van der Waals surface area contributed by atoms with Gasteiger partial charge in [0.05, 0.1) is 6.10 Å². The van der Waals surface area contributed by atoms with Crippen LogP contribution in [0.5, 0.6) is 0 Å². The lowest BCUT2D eigenvalue weighted by Crippen LogP contribution is -2.09. The Bertz CT molecular complexity index is 470. The van der Waals surface area contributed by atoms with Crippen molar-refractivity contribution in [2.75, 3.05) is 0 Å². The molecule has 1 N–H and O–H groups in total. The zero-order chi connectivity index (χ0) is 14.4. The molecular formula is C17H18Br2O. The van der Waals surface area contributed by atoms with E-state index in [1.54, 1.807) is 0 Å². The number of halogens is 2. The maximum atomic E-state index is 10.1. The molecule has 0 fully saturated rings. The van der Waals surface area contributed by atoms with Gasteiger partial charge in [-0.1, -0.05) is 56.1 Å². The average Bonchev–Trinajstić information content (AvgIpc) is 2.46. The highest BCUT2D eigenvalue weighted by Gasteiger charge is 2.05. The minimum absolute atomic E-state index is 0.234. The van der Waals surface area contributed by atoms with Gasteiger partial charge in [-0.15, -0.1) is 0 Å². The van der Waals surface area contributed by atoms with Gasteiger partial charge >= 0.3 is 0 Å². The Morgan fingerprint density at radius 3 is 1.40 bits per heavy atom. The molecule has 0 aromatic heterocycles. The second kappa shape index (κ2) is 7.96. The number of benzene rings is 2. The van der Waals surface area contributed by atoms with E-state index in [1.165, 1.54) is 11.1 Å². The maximum absolute atomic E-state index is 10.1. The lowest BCUT2D eigenvalue weighted by Gasteiger charge is -2.10. The van der Waals surface area contributed by atoms with Gasteiger partial charge in [0.1, 0.15) is 0 Å². The molecule has 0 heterocycles. The van der Waals surface area contributed by atoms with Crippen LogP contribution in [0.15, 0.2) is 57.5 Å². The van der Waals surface area contributed by atoms with E-state index in [-0.39, 0.29) is 6.10 Å². The number of aliphatic hydroxyl groups is 1. The molecule has 20 heavy (non-hydrogen) atoms. The van der Waals surface area contributed by atoms with Crippen LogP contribution in [0.3, 0.4) is 0 Å². The van der Waals surface area contributed by atoms with Gasteiger partial charge in [0.25, 0.3) is 0 Å². The number of rotatable bonds is 6. The van der Waals surface area contributed by atoms with Crippen molar-refractivity contribution in [3.8, 4) is 0 Å². The molecule has 2 aromatic carbocycles. The van der Waals surface area contributed by atoms with Crippen LogP contribution in [-0.4, -0.2) is 11.2 Å². The molecule has 0 atom stereocenters. The van der Waals surface area contributed by atoms with Crippen LogP contribution < -0.4 is 0 Å². The molecule has 0 aliphatic rings. The van der Waals surface area contributed by atoms with Gasteiger partial charge in [0, 0.05) is 8.95 Å². The second-order valence-corrected chi connectivity index (χ2v) is 6.82. The average molecular weight is 398 g/mol. The van der Waals surface area contributed by atoms with Crippen LogP contribution in [0.4, 0.5) is 0 Å². The standard InChI is InChI=1S/C17H18Br2O/c18-15-7-1-13(2-8-15)5-11-17(20)12-6-14-3-9-16(19)10-4-14/h1-4,7-10,17,20H,5-6,11-12H2. The number of hydrogen-bond donors (Lipinski definition) is 1. The monoisotopic (exact) mass is 396 g/mol. The van der Waals surface area contributed by atoms with E-state index in [0.29, 0.717) is 0 Å². The summed E-state index contributed by atoms with van der Waals surface area (Å²) in [5.74, 6) is 0. The van der Waals surface area contributed by atoms with Crippen LogP contribution >= 0.6 is 31.9 Å². The lowest BCUT2D eigenvalue weighted by atomic mass is 10.0.